The molecule has 0 aliphatic carbocycles. The van der Waals surface area contributed by atoms with Crippen LogP contribution in [0.15, 0.2) is 17.8 Å². The van der Waals surface area contributed by atoms with Gasteiger partial charge in [0.15, 0.2) is 24.2 Å². The van der Waals surface area contributed by atoms with Gasteiger partial charge in [-0.2, -0.15) is 0 Å². The summed E-state index contributed by atoms with van der Waals surface area (Å²) < 4.78 is 20.0. The molecule has 0 saturated carbocycles. The van der Waals surface area contributed by atoms with E-state index in [1.54, 1.807) is 0 Å². The van der Waals surface area contributed by atoms with Crippen LogP contribution in [0.3, 0.4) is 0 Å². The Balaban J connectivity index is 2.27. The summed E-state index contributed by atoms with van der Waals surface area (Å²) in [5.41, 5.74) is 12.9. The van der Waals surface area contributed by atoms with Crippen molar-refractivity contribution in [2.75, 3.05) is 25.6 Å². The second-order valence-electron chi connectivity index (χ2n) is 4.06. The maximum Gasteiger partial charge on any atom is 0.214 e. The van der Waals surface area contributed by atoms with Crippen molar-refractivity contribution in [3.05, 3.63) is 12.7 Å². The third-order valence-electron chi connectivity index (χ3n) is 2.74. The fourth-order valence-electron chi connectivity index (χ4n) is 1.75. The summed E-state index contributed by atoms with van der Waals surface area (Å²) in [6.45, 7) is -1.32. The first kappa shape index (κ1) is 14.9. The van der Waals surface area contributed by atoms with Crippen LogP contribution in [-0.4, -0.2) is 50.6 Å². The number of ether oxygens (including phenoxy) is 1. The Bertz CT molecular complexity index is 656. The summed E-state index contributed by atoms with van der Waals surface area (Å²) in [5.74, 6) is 0.179. The topological polar surface area (TPSA) is 149 Å². The number of alkyl halides is 1. The maximum absolute atomic E-state index is 13.2. The molecule has 0 radical (unpaired) electrons. The van der Waals surface area contributed by atoms with Gasteiger partial charge in [0.1, 0.15) is 35.3 Å². The number of aliphatic hydroxyl groups excluding tert-OH is 1. The lowest BCUT2D eigenvalue weighted by Gasteiger charge is -2.20. The summed E-state index contributed by atoms with van der Waals surface area (Å²) in [5, 5.41) is 12.6. The Kier molecular flexibility index (Phi) is 4.82. The number of rotatable bonds is 7. The molecule has 0 aromatic carbocycles. The molecular formula is C10H14FN8O2+. The van der Waals surface area contributed by atoms with Crippen LogP contribution in [0.2, 0.25) is 0 Å². The first-order valence-electron chi connectivity index (χ1n) is 5.99. The SMILES string of the molecule is N=[N+]=NC[C@@H](CO)O[C@@H](CF)n1cnc2c(N)ncnc21. The summed E-state index contributed by atoms with van der Waals surface area (Å²) in [6, 6.07) is 0. The number of aromatic nitrogens is 4. The Hall–Kier alpha value is -2.49. The zero-order valence-corrected chi connectivity index (χ0v) is 10.9. The summed E-state index contributed by atoms with van der Waals surface area (Å²) >= 11 is 0. The van der Waals surface area contributed by atoms with Gasteiger partial charge in [-0.25, -0.2) is 19.3 Å². The fourth-order valence-corrected chi connectivity index (χ4v) is 1.75. The van der Waals surface area contributed by atoms with E-state index in [-0.39, 0.29) is 19.0 Å². The molecular weight excluding hydrogens is 283 g/mol. The van der Waals surface area contributed by atoms with Gasteiger partial charge in [0.2, 0.25) is 4.91 Å². The molecule has 4 N–H and O–H groups in total. The Morgan fingerprint density at radius 2 is 2.33 bits per heavy atom. The molecule has 21 heavy (non-hydrogen) atoms. The molecule has 2 aromatic rings. The number of imidazole rings is 1. The Morgan fingerprint density at radius 3 is 3.00 bits per heavy atom. The first-order valence-corrected chi connectivity index (χ1v) is 5.99. The first-order chi connectivity index (χ1) is 10.2. The highest BCUT2D eigenvalue weighted by Gasteiger charge is 2.22. The molecule has 0 amide bonds. The van der Waals surface area contributed by atoms with E-state index in [1.165, 1.54) is 17.2 Å². The number of nitrogen functional groups attached to an aromatic ring is 1. The van der Waals surface area contributed by atoms with Crippen LogP contribution in [0.25, 0.3) is 11.2 Å². The van der Waals surface area contributed by atoms with E-state index in [2.05, 4.69) is 25.0 Å². The number of nitrogens with one attached hydrogen (secondary N) is 1. The van der Waals surface area contributed by atoms with Crippen LogP contribution in [0, 0.1) is 5.53 Å². The number of halogens is 1. The molecule has 0 saturated heterocycles. The largest absolute Gasteiger partial charge is 0.394 e. The van der Waals surface area contributed by atoms with Crippen molar-refractivity contribution in [2.45, 2.75) is 12.3 Å². The molecule has 0 aliphatic rings. The zero-order valence-electron chi connectivity index (χ0n) is 10.9. The monoisotopic (exact) mass is 297 g/mol. The number of nitrogens with two attached hydrogens (primary N) is 1. The lowest BCUT2D eigenvalue weighted by atomic mass is 10.4. The summed E-state index contributed by atoms with van der Waals surface area (Å²) in [7, 11) is 0. The van der Waals surface area contributed by atoms with Crippen LogP contribution >= 0.6 is 0 Å². The quantitative estimate of drug-likeness (QED) is 0.476. The van der Waals surface area contributed by atoms with Crippen LogP contribution in [0.4, 0.5) is 10.2 Å². The number of hydrogen-bond acceptors (Lipinski definition) is 8. The molecule has 0 spiro atoms. The lowest BCUT2D eigenvalue weighted by molar-refractivity contribution is -0.0783. The van der Waals surface area contributed by atoms with Gasteiger partial charge in [0.25, 0.3) is 0 Å². The van der Waals surface area contributed by atoms with E-state index in [4.69, 9.17) is 16.0 Å². The van der Waals surface area contributed by atoms with Crippen molar-refractivity contribution in [3.63, 3.8) is 0 Å². The molecule has 112 valence electrons. The third-order valence-corrected chi connectivity index (χ3v) is 2.74. The highest BCUT2D eigenvalue weighted by molar-refractivity contribution is 5.81. The zero-order chi connectivity index (χ0) is 15.2. The molecule has 2 atom stereocenters. The highest BCUT2D eigenvalue weighted by atomic mass is 19.1. The smallest absolute Gasteiger partial charge is 0.214 e. The number of hydrogen-bond donors (Lipinski definition) is 3. The lowest BCUT2D eigenvalue weighted by Crippen LogP contribution is -2.27. The van der Waals surface area contributed by atoms with Gasteiger partial charge in [0.05, 0.1) is 12.9 Å². The summed E-state index contributed by atoms with van der Waals surface area (Å²) in [4.78, 5) is 14.6. The predicted octanol–water partition coefficient (Wildman–Crippen LogP) is -0.196. The minimum Gasteiger partial charge on any atom is -0.394 e. The van der Waals surface area contributed by atoms with Gasteiger partial charge in [-0.1, -0.05) is 0 Å². The summed E-state index contributed by atoms with van der Waals surface area (Å²) in [6.07, 6.45) is 0.725. The van der Waals surface area contributed by atoms with E-state index in [9.17, 15) is 9.50 Å². The Morgan fingerprint density at radius 1 is 1.52 bits per heavy atom. The molecule has 0 aliphatic heterocycles. The van der Waals surface area contributed by atoms with E-state index in [0.29, 0.717) is 11.2 Å². The van der Waals surface area contributed by atoms with Gasteiger partial charge in [-0.05, 0) is 0 Å². The van der Waals surface area contributed by atoms with Crippen molar-refractivity contribution in [2.24, 2.45) is 5.11 Å². The second-order valence-corrected chi connectivity index (χ2v) is 4.06. The standard InChI is InChI=1S/C10H14FN8O2/c11-1-7(21-6(3-20)2-17-18-13)19-5-16-8-9(12)14-4-15-10(8)19/h4-7,13,20H,1-3H2,(H2,12,14,15)/q+1/t6-,7-/m0/s1. The molecule has 2 rings (SSSR count). The number of anilines is 1. The number of nitrogens with zero attached hydrogens (tertiary/aromatic N) is 6. The average molecular weight is 297 g/mol. The van der Waals surface area contributed by atoms with Crippen molar-refractivity contribution in [1.82, 2.24) is 24.4 Å². The van der Waals surface area contributed by atoms with Gasteiger partial charge in [0, 0.05) is 0 Å². The molecule has 2 aromatic heterocycles. The van der Waals surface area contributed by atoms with Gasteiger partial charge >= 0.3 is 0 Å². The van der Waals surface area contributed by atoms with E-state index in [1.807, 2.05) is 0 Å². The molecule has 0 bridgehead atoms. The van der Waals surface area contributed by atoms with E-state index < -0.39 is 19.0 Å². The average Bonchev–Trinajstić information content (AvgIpc) is 2.93. The number of fused-ring (bicyclic) bond motifs is 1. The fraction of sp³-hybridized carbons (Fsp3) is 0.500. The second kappa shape index (κ2) is 6.79. The van der Waals surface area contributed by atoms with Crippen molar-refractivity contribution >= 4 is 17.0 Å². The van der Waals surface area contributed by atoms with Gasteiger partial charge < -0.3 is 15.6 Å². The minimum absolute atomic E-state index is 0.0553. The predicted molar refractivity (Wildman–Crippen MR) is 68.9 cm³/mol. The maximum atomic E-state index is 13.2. The van der Waals surface area contributed by atoms with Crippen molar-refractivity contribution in [3.8, 4) is 0 Å². The molecule has 0 unspecified atom stereocenters. The van der Waals surface area contributed by atoms with Crippen LogP contribution in [0.1, 0.15) is 6.23 Å². The van der Waals surface area contributed by atoms with Crippen molar-refractivity contribution in [1.29, 1.82) is 5.53 Å². The molecule has 0 fully saturated rings. The minimum atomic E-state index is -1.05. The van der Waals surface area contributed by atoms with Crippen molar-refractivity contribution < 1.29 is 14.2 Å². The van der Waals surface area contributed by atoms with E-state index in [0.717, 1.165) is 0 Å². The number of aliphatic hydroxyl groups is 1. The molecule has 2 heterocycles. The Labute approximate surface area is 118 Å². The van der Waals surface area contributed by atoms with Crippen LogP contribution in [0.5, 0.6) is 0 Å². The highest BCUT2D eigenvalue weighted by Crippen LogP contribution is 2.21. The van der Waals surface area contributed by atoms with Crippen LogP contribution < -0.4 is 10.6 Å². The molecule has 10 nitrogen and oxygen atoms in total. The molecule has 11 heteroatoms. The third kappa shape index (κ3) is 3.16. The van der Waals surface area contributed by atoms with Gasteiger partial charge in [-0.3, -0.25) is 4.57 Å². The van der Waals surface area contributed by atoms with Crippen LogP contribution in [-0.2, 0) is 4.74 Å². The van der Waals surface area contributed by atoms with E-state index >= 15 is 0 Å². The van der Waals surface area contributed by atoms with Gasteiger partial charge in [-0.15, -0.1) is 0 Å². The normalized spacial score (nSPS) is 13.8.